The number of carbonyl (C=O) groups excluding carboxylic acids is 1. The lowest BCUT2D eigenvalue weighted by Crippen LogP contribution is -2.39. The molecule has 158 valence electrons. The Kier molecular flexibility index (Phi) is 8.82. The molecule has 0 aliphatic heterocycles. The Labute approximate surface area is 190 Å². The van der Waals surface area contributed by atoms with Crippen molar-refractivity contribution in [3.8, 4) is 0 Å². The maximum Gasteiger partial charge on any atom is 0.302 e. The average molecular weight is 523 g/mol. The van der Waals surface area contributed by atoms with Crippen molar-refractivity contribution in [2.24, 2.45) is 0 Å². The van der Waals surface area contributed by atoms with Gasteiger partial charge in [0.05, 0.1) is 10.6 Å². The minimum Gasteiger partial charge on any atom is -0.461 e. The molecule has 0 aliphatic carbocycles. The Balaban J connectivity index is 2.61. The third-order valence-electron chi connectivity index (χ3n) is 4.24. The zero-order valence-corrected chi connectivity index (χ0v) is 20.0. The van der Waals surface area contributed by atoms with Crippen molar-refractivity contribution < 1.29 is 17.9 Å². The van der Waals surface area contributed by atoms with Crippen LogP contribution in [0, 0.1) is 0 Å². The number of halogens is 3. The van der Waals surface area contributed by atoms with Gasteiger partial charge in [0.2, 0.25) is 0 Å². The van der Waals surface area contributed by atoms with Crippen LogP contribution in [0.15, 0.2) is 47.4 Å². The molecule has 0 aromatic heterocycles. The first-order chi connectivity index (χ1) is 13.7. The zero-order chi connectivity index (χ0) is 21.6. The fourth-order valence-electron chi connectivity index (χ4n) is 2.86. The summed E-state index contributed by atoms with van der Waals surface area (Å²) < 4.78 is 33.6. The van der Waals surface area contributed by atoms with E-state index < -0.39 is 16.0 Å². The van der Waals surface area contributed by atoms with Gasteiger partial charge in [-0.05, 0) is 56.2 Å². The van der Waals surface area contributed by atoms with Crippen molar-refractivity contribution >= 4 is 60.8 Å². The van der Waals surface area contributed by atoms with Gasteiger partial charge in [0.15, 0.2) is 0 Å². The van der Waals surface area contributed by atoms with Crippen molar-refractivity contribution in [1.29, 1.82) is 0 Å². The summed E-state index contributed by atoms with van der Waals surface area (Å²) in [6.07, 6.45) is 1.41. The topological polar surface area (TPSA) is 63.7 Å². The lowest BCUT2D eigenvalue weighted by Gasteiger charge is -2.32. The second-order valence-corrected chi connectivity index (χ2v) is 9.97. The number of alkyl halides is 1. The van der Waals surface area contributed by atoms with E-state index in [0.29, 0.717) is 27.7 Å². The molecule has 0 spiro atoms. The molecule has 2 aromatic carbocycles. The van der Waals surface area contributed by atoms with E-state index in [1.807, 2.05) is 6.92 Å². The summed E-state index contributed by atoms with van der Waals surface area (Å²) in [5, 5.41) is 1.58. The van der Waals surface area contributed by atoms with Crippen LogP contribution in [0.25, 0.3) is 0 Å². The molecule has 0 unspecified atom stereocenters. The Bertz CT molecular complexity index is 951. The van der Waals surface area contributed by atoms with Crippen LogP contribution < -0.4 is 4.31 Å². The van der Waals surface area contributed by atoms with Crippen LogP contribution in [-0.4, -0.2) is 25.8 Å². The molecule has 0 N–H and O–H groups in total. The van der Waals surface area contributed by atoms with E-state index in [1.54, 1.807) is 18.2 Å². The van der Waals surface area contributed by atoms with E-state index in [0.717, 1.165) is 11.8 Å². The summed E-state index contributed by atoms with van der Waals surface area (Å²) in [4.78, 5) is 11.4. The highest BCUT2D eigenvalue weighted by atomic mass is 79.9. The van der Waals surface area contributed by atoms with E-state index in [9.17, 15) is 13.2 Å². The second kappa shape index (κ2) is 10.7. The number of anilines is 1. The molecule has 0 bridgehead atoms. The number of sulfonamides is 1. The number of benzene rings is 2. The Morgan fingerprint density at radius 1 is 1.14 bits per heavy atom. The van der Waals surface area contributed by atoms with Crippen molar-refractivity contribution in [2.75, 3.05) is 9.64 Å². The maximum absolute atomic E-state index is 13.6. The molecule has 29 heavy (non-hydrogen) atoms. The normalized spacial score (nSPS) is 12.4. The minimum absolute atomic E-state index is 0.0559. The lowest BCUT2D eigenvalue weighted by atomic mass is 10.1. The third kappa shape index (κ3) is 6.35. The molecule has 0 aliphatic rings. The molecule has 9 heteroatoms. The molecule has 0 saturated heterocycles. The van der Waals surface area contributed by atoms with Gasteiger partial charge in [-0.1, -0.05) is 45.2 Å². The summed E-state index contributed by atoms with van der Waals surface area (Å²) in [5.41, 5.74) is 0.934. The molecular formula is C20H22BrCl2NO4S. The number of hydrogen-bond acceptors (Lipinski definition) is 4. The monoisotopic (exact) mass is 521 g/mol. The van der Waals surface area contributed by atoms with Gasteiger partial charge in [-0.25, -0.2) is 8.42 Å². The van der Waals surface area contributed by atoms with E-state index in [1.165, 1.54) is 35.5 Å². The molecule has 0 radical (unpaired) electrons. The van der Waals surface area contributed by atoms with Gasteiger partial charge in [-0.2, -0.15) is 0 Å². The van der Waals surface area contributed by atoms with Crippen molar-refractivity contribution in [3.05, 3.63) is 58.1 Å². The van der Waals surface area contributed by atoms with E-state index in [4.69, 9.17) is 27.9 Å². The van der Waals surface area contributed by atoms with Crippen molar-refractivity contribution in [2.45, 2.75) is 44.2 Å². The minimum atomic E-state index is -3.92. The van der Waals surface area contributed by atoms with E-state index in [-0.39, 0.29) is 17.5 Å². The molecule has 0 fully saturated rings. The third-order valence-corrected chi connectivity index (χ3v) is 7.23. The molecular weight excluding hydrogens is 501 g/mol. The summed E-state index contributed by atoms with van der Waals surface area (Å²) in [6.45, 7) is 3.09. The summed E-state index contributed by atoms with van der Waals surface area (Å²) in [7, 11) is -3.92. The summed E-state index contributed by atoms with van der Waals surface area (Å²) >= 11 is 15.5. The average Bonchev–Trinajstić information content (AvgIpc) is 2.66. The van der Waals surface area contributed by atoms with Crippen LogP contribution in [0.1, 0.15) is 32.3 Å². The van der Waals surface area contributed by atoms with Gasteiger partial charge in [0.25, 0.3) is 10.0 Å². The Morgan fingerprint density at radius 2 is 1.76 bits per heavy atom. The number of carbonyl (C=O) groups is 1. The molecule has 2 aromatic rings. The second-order valence-electron chi connectivity index (χ2n) is 6.49. The number of nitrogens with zero attached hydrogens (tertiary/aromatic N) is 1. The van der Waals surface area contributed by atoms with E-state index >= 15 is 0 Å². The van der Waals surface area contributed by atoms with E-state index in [2.05, 4.69) is 15.9 Å². The number of rotatable bonds is 9. The highest BCUT2D eigenvalue weighted by molar-refractivity contribution is 9.09. The Hall–Kier alpha value is -1.28. The lowest BCUT2D eigenvalue weighted by molar-refractivity contribution is -0.142. The summed E-state index contributed by atoms with van der Waals surface area (Å²) in [6, 6.07) is 10.5. The van der Waals surface area contributed by atoms with Crippen LogP contribution in [0.2, 0.25) is 10.0 Å². The highest BCUT2D eigenvalue weighted by Gasteiger charge is 2.31. The van der Waals surface area contributed by atoms with Gasteiger partial charge in [-0.15, -0.1) is 0 Å². The van der Waals surface area contributed by atoms with Crippen LogP contribution >= 0.6 is 39.1 Å². The quantitative estimate of drug-likeness (QED) is 0.307. The first-order valence-corrected chi connectivity index (χ1v) is 12.3. The van der Waals surface area contributed by atoms with Crippen molar-refractivity contribution in [3.63, 3.8) is 0 Å². The van der Waals surface area contributed by atoms with Gasteiger partial charge in [0, 0.05) is 33.9 Å². The van der Waals surface area contributed by atoms with Crippen LogP contribution in [0.3, 0.4) is 0 Å². The fraction of sp³-hybridized carbons (Fsp3) is 0.350. The molecule has 0 saturated carbocycles. The molecule has 5 nitrogen and oxygen atoms in total. The molecule has 1 atom stereocenters. The largest absolute Gasteiger partial charge is 0.461 e. The smallest absolute Gasteiger partial charge is 0.302 e. The molecule has 0 amide bonds. The molecule has 0 heterocycles. The predicted molar refractivity (Wildman–Crippen MR) is 121 cm³/mol. The summed E-state index contributed by atoms with van der Waals surface area (Å²) in [5.74, 6) is -0.453. The van der Waals surface area contributed by atoms with Crippen LogP contribution in [0.5, 0.6) is 0 Å². The van der Waals surface area contributed by atoms with Crippen LogP contribution in [-0.2, 0) is 26.2 Å². The first kappa shape index (κ1) is 24.0. The number of hydrogen-bond donors (Lipinski definition) is 0. The standard InChI is InChI=1S/C20H22BrCl2NO4S/c1-14(4-3-11-21)24(29(26,27)19-9-7-17(22)8-10-19)20-12-18(23)6-5-16(20)13-28-15(2)25/h5-10,12,14H,3-4,11,13H2,1-2H3/t14-/m1/s1. The zero-order valence-electron chi connectivity index (χ0n) is 16.1. The van der Waals surface area contributed by atoms with Gasteiger partial charge < -0.3 is 4.74 Å². The maximum atomic E-state index is 13.6. The number of esters is 1. The fourth-order valence-corrected chi connectivity index (χ4v) is 5.19. The Morgan fingerprint density at radius 3 is 2.34 bits per heavy atom. The predicted octanol–water partition coefficient (Wildman–Crippen LogP) is 5.82. The SMILES string of the molecule is CC(=O)OCc1ccc(Cl)cc1N([C@H](C)CCCBr)S(=O)(=O)c1ccc(Cl)cc1. The first-order valence-electron chi connectivity index (χ1n) is 8.94. The number of ether oxygens (including phenoxy) is 1. The highest BCUT2D eigenvalue weighted by Crippen LogP contribution is 2.33. The van der Waals surface area contributed by atoms with Gasteiger partial charge >= 0.3 is 5.97 Å². The van der Waals surface area contributed by atoms with Crippen molar-refractivity contribution in [1.82, 2.24) is 0 Å². The van der Waals surface area contributed by atoms with Crippen LogP contribution in [0.4, 0.5) is 5.69 Å². The van der Waals surface area contributed by atoms with Gasteiger partial charge in [0.1, 0.15) is 6.61 Å². The molecule has 2 rings (SSSR count). The van der Waals surface area contributed by atoms with Gasteiger partial charge in [-0.3, -0.25) is 9.10 Å².